The molecule has 5 nitrogen and oxygen atoms in total. The molecule has 0 saturated heterocycles. The van der Waals surface area contributed by atoms with E-state index >= 15 is 0 Å². The highest BCUT2D eigenvalue weighted by Gasteiger charge is 2.17. The maximum atomic E-state index is 11.1. The van der Waals surface area contributed by atoms with Gasteiger partial charge >= 0.3 is 6.03 Å². The van der Waals surface area contributed by atoms with Gasteiger partial charge in [0.2, 0.25) is 5.91 Å². The van der Waals surface area contributed by atoms with E-state index < -0.39 is 6.03 Å². The van der Waals surface area contributed by atoms with Gasteiger partial charge in [0.1, 0.15) is 0 Å². The summed E-state index contributed by atoms with van der Waals surface area (Å²) in [5.41, 5.74) is 4.82. The Morgan fingerprint density at radius 3 is 2.44 bits per heavy atom. The van der Waals surface area contributed by atoms with Crippen LogP contribution >= 0.6 is 0 Å². The second kappa shape index (κ2) is 6.48. The quantitative estimate of drug-likeness (QED) is 0.657. The maximum absolute atomic E-state index is 11.1. The molecule has 0 aromatic rings. The Balaban J connectivity index is 2.07. The van der Waals surface area contributed by atoms with Crippen molar-refractivity contribution in [3.05, 3.63) is 0 Å². The zero-order valence-electron chi connectivity index (χ0n) is 9.79. The molecule has 0 aliphatic heterocycles. The minimum Gasteiger partial charge on any atom is -0.351 e. The molecule has 0 radical (unpaired) electrons. The van der Waals surface area contributed by atoms with E-state index in [1.54, 1.807) is 0 Å². The molecule has 0 atom stereocenters. The smallest absolute Gasteiger partial charge is 0.318 e. The summed E-state index contributed by atoms with van der Waals surface area (Å²) in [4.78, 5) is 21.4. The monoisotopic (exact) mass is 227 g/mol. The van der Waals surface area contributed by atoms with Gasteiger partial charge in [-0.15, -0.1) is 0 Å². The summed E-state index contributed by atoms with van der Waals surface area (Å²) in [5.74, 6) is 1.14. The average molecular weight is 227 g/mol. The molecule has 1 aliphatic rings. The van der Waals surface area contributed by atoms with Gasteiger partial charge in [-0.2, -0.15) is 0 Å². The van der Waals surface area contributed by atoms with Gasteiger partial charge in [0.25, 0.3) is 0 Å². The normalized spacial score (nSPS) is 25.1. The van der Waals surface area contributed by atoms with E-state index in [1.165, 1.54) is 25.7 Å². The number of primary amides is 1. The molecule has 1 aliphatic carbocycles. The number of urea groups is 1. The number of rotatable bonds is 4. The van der Waals surface area contributed by atoms with Crippen molar-refractivity contribution >= 4 is 11.9 Å². The summed E-state index contributed by atoms with van der Waals surface area (Å²) in [6.07, 6.45) is 5.01. The zero-order valence-corrected chi connectivity index (χ0v) is 9.79. The third kappa shape index (κ3) is 5.11. The van der Waals surface area contributed by atoms with Crippen molar-refractivity contribution in [2.45, 2.75) is 32.6 Å². The van der Waals surface area contributed by atoms with E-state index in [0.29, 0.717) is 5.92 Å². The SMILES string of the molecule is CC1CCC(CNCC(=O)NC(N)=O)CC1. The highest BCUT2D eigenvalue weighted by molar-refractivity contribution is 5.94. The van der Waals surface area contributed by atoms with Crippen molar-refractivity contribution in [2.24, 2.45) is 17.6 Å². The van der Waals surface area contributed by atoms with Crippen molar-refractivity contribution in [2.75, 3.05) is 13.1 Å². The van der Waals surface area contributed by atoms with Gasteiger partial charge in [0, 0.05) is 0 Å². The molecule has 0 unspecified atom stereocenters. The van der Waals surface area contributed by atoms with Crippen LogP contribution in [0.5, 0.6) is 0 Å². The van der Waals surface area contributed by atoms with E-state index in [1.807, 2.05) is 5.32 Å². The predicted octanol–water partition coefficient (Wildman–Crippen LogP) is 0.597. The van der Waals surface area contributed by atoms with Crippen molar-refractivity contribution in [1.29, 1.82) is 0 Å². The molecule has 0 spiro atoms. The fourth-order valence-corrected chi connectivity index (χ4v) is 2.10. The van der Waals surface area contributed by atoms with Gasteiger partial charge in [-0.05, 0) is 31.2 Å². The molecule has 16 heavy (non-hydrogen) atoms. The van der Waals surface area contributed by atoms with Crippen molar-refractivity contribution in [3.8, 4) is 0 Å². The standard InChI is InChI=1S/C11H21N3O2/c1-8-2-4-9(5-3-8)6-13-7-10(15)14-11(12)16/h8-9,13H,2-7H2,1H3,(H3,12,14,15,16). The maximum Gasteiger partial charge on any atom is 0.318 e. The fourth-order valence-electron chi connectivity index (χ4n) is 2.10. The van der Waals surface area contributed by atoms with Crippen LogP contribution in [0.25, 0.3) is 0 Å². The molecule has 1 rings (SSSR count). The lowest BCUT2D eigenvalue weighted by Crippen LogP contribution is -2.41. The van der Waals surface area contributed by atoms with Crippen LogP contribution in [0.1, 0.15) is 32.6 Å². The minimum atomic E-state index is -0.793. The van der Waals surface area contributed by atoms with Crippen LogP contribution in [0, 0.1) is 11.8 Å². The largest absolute Gasteiger partial charge is 0.351 e. The highest BCUT2D eigenvalue weighted by Crippen LogP contribution is 2.27. The van der Waals surface area contributed by atoms with Crippen LogP contribution in [0.4, 0.5) is 4.79 Å². The third-order valence-corrected chi connectivity index (χ3v) is 3.12. The first kappa shape index (κ1) is 13.0. The molecule has 5 heteroatoms. The summed E-state index contributed by atoms with van der Waals surface area (Å²) in [7, 11) is 0. The van der Waals surface area contributed by atoms with Crippen LogP contribution in [0.3, 0.4) is 0 Å². The van der Waals surface area contributed by atoms with Crippen molar-refractivity contribution in [1.82, 2.24) is 10.6 Å². The molecule has 1 saturated carbocycles. The highest BCUT2D eigenvalue weighted by atomic mass is 16.2. The number of nitrogens with one attached hydrogen (secondary N) is 2. The van der Waals surface area contributed by atoms with Crippen molar-refractivity contribution in [3.63, 3.8) is 0 Å². The van der Waals surface area contributed by atoms with E-state index in [0.717, 1.165) is 12.5 Å². The van der Waals surface area contributed by atoms with Gasteiger partial charge in [-0.1, -0.05) is 19.8 Å². The van der Waals surface area contributed by atoms with Crippen LogP contribution < -0.4 is 16.4 Å². The number of amides is 3. The van der Waals surface area contributed by atoms with Crippen LogP contribution in [-0.4, -0.2) is 25.0 Å². The van der Waals surface area contributed by atoms with Gasteiger partial charge < -0.3 is 11.1 Å². The van der Waals surface area contributed by atoms with E-state index in [4.69, 9.17) is 5.73 Å². The molecule has 0 heterocycles. The lowest BCUT2D eigenvalue weighted by Gasteiger charge is -2.26. The van der Waals surface area contributed by atoms with Crippen LogP contribution in [-0.2, 0) is 4.79 Å². The second-order valence-electron chi connectivity index (χ2n) is 4.67. The van der Waals surface area contributed by atoms with Crippen LogP contribution in [0.2, 0.25) is 0 Å². The molecule has 0 aromatic heterocycles. The van der Waals surface area contributed by atoms with Gasteiger partial charge in [0.05, 0.1) is 6.54 Å². The molecule has 0 aromatic carbocycles. The fraction of sp³-hybridized carbons (Fsp3) is 0.818. The van der Waals surface area contributed by atoms with Crippen molar-refractivity contribution < 1.29 is 9.59 Å². The van der Waals surface area contributed by atoms with E-state index in [-0.39, 0.29) is 12.5 Å². The number of carbonyl (C=O) groups excluding carboxylic acids is 2. The summed E-state index contributed by atoms with van der Waals surface area (Å²) in [5, 5.41) is 5.08. The molecule has 0 bridgehead atoms. The first-order valence-corrected chi connectivity index (χ1v) is 5.88. The van der Waals surface area contributed by atoms with Gasteiger partial charge in [-0.25, -0.2) is 4.79 Å². The summed E-state index contributed by atoms with van der Waals surface area (Å²) in [6, 6.07) is -0.793. The molecule has 3 amide bonds. The number of nitrogens with two attached hydrogens (primary N) is 1. The minimum absolute atomic E-state index is 0.162. The summed E-state index contributed by atoms with van der Waals surface area (Å²) in [6.45, 7) is 3.29. The lowest BCUT2D eigenvalue weighted by molar-refractivity contribution is -0.119. The Morgan fingerprint density at radius 1 is 1.25 bits per heavy atom. The average Bonchev–Trinajstić information content (AvgIpc) is 2.20. The number of hydrogen-bond donors (Lipinski definition) is 3. The number of carbonyl (C=O) groups is 2. The summed E-state index contributed by atoms with van der Waals surface area (Å²) >= 11 is 0. The Kier molecular flexibility index (Phi) is 5.25. The molecule has 92 valence electrons. The van der Waals surface area contributed by atoms with E-state index in [9.17, 15) is 9.59 Å². The Bertz CT molecular complexity index is 248. The first-order chi connectivity index (χ1) is 7.58. The number of imide groups is 1. The Hall–Kier alpha value is -1.10. The molecular formula is C11H21N3O2. The zero-order chi connectivity index (χ0) is 12.0. The van der Waals surface area contributed by atoms with Gasteiger partial charge in [0.15, 0.2) is 0 Å². The lowest BCUT2D eigenvalue weighted by atomic mass is 9.83. The Morgan fingerprint density at radius 2 is 1.88 bits per heavy atom. The predicted molar refractivity (Wildman–Crippen MR) is 61.7 cm³/mol. The van der Waals surface area contributed by atoms with Gasteiger partial charge in [-0.3, -0.25) is 10.1 Å². The Labute approximate surface area is 96.1 Å². The third-order valence-electron chi connectivity index (χ3n) is 3.12. The van der Waals surface area contributed by atoms with E-state index in [2.05, 4.69) is 12.2 Å². The summed E-state index contributed by atoms with van der Waals surface area (Å²) < 4.78 is 0. The molecule has 1 fully saturated rings. The number of hydrogen-bond acceptors (Lipinski definition) is 3. The van der Waals surface area contributed by atoms with Crippen LogP contribution in [0.15, 0.2) is 0 Å². The molecular weight excluding hydrogens is 206 g/mol. The molecule has 4 N–H and O–H groups in total. The second-order valence-corrected chi connectivity index (χ2v) is 4.67. The topological polar surface area (TPSA) is 84.2 Å². The first-order valence-electron chi connectivity index (χ1n) is 5.88.